The highest BCUT2D eigenvalue weighted by Crippen LogP contribution is 2.07. The van der Waals surface area contributed by atoms with Crippen LogP contribution >= 0.6 is 11.8 Å². The maximum atomic E-state index is 10.9. The van der Waals surface area contributed by atoms with Gasteiger partial charge in [-0.3, -0.25) is 4.79 Å². The van der Waals surface area contributed by atoms with Gasteiger partial charge >= 0.3 is 0 Å². The Balaban J connectivity index is 3.26. The number of carbonyl (C=O) groups excluding carboxylic acids is 1. The first-order valence-electron chi connectivity index (χ1n) is 3.58. The molecule has 0 aromatic heterocycles. The van der Waals surface area contributed by atoms with Crippen LogP contribution in [0.1, 0.15) is 26.7 Å². The quantitative estimate of drug-likeness (QED) is 0.677. The van der Waals surface area contributed by atoms with Crippen LogP contribution in [0.4, 0.5) is 0 Å². The summed E-state index contributed by atoms with van der Waals surface area (Å²) in [7, 11) is 0. The van der Waals surface area contributed by atoms with Crippen LogP contribution in [0.2, 0.25) is 0 Å². The van der Waals surface area contributed by atoms with E-state index < -0.39 is 0 Å². The van der Waals surface area contributed by atoms with Gasteiger partial charge in [0.1, 0.15) is 0 Å². The molecule has 0 rings (SSSR count). The third-order valence-electron chi connectivity index (χ3n) is 0.956. The summed E-state index contributed by atoms with van der Waals surface area (Å²) in [6.45, 7) is 3.91. The van der Waals surface area contributed by atoms with Crippen LogP contribution in [0.5, 0.6) is 0 Å². The minimum atomic E-state index is 0.0110. The first-order chi connectivity index (χ1) is 4.66. The number of thioether (sulfide) groups is 1. The number of hydrogen-bond donors (Lipinski definition) is 1. The molecule has 0 aromatic carbocycles. The Hall–Kier alpha value is -0.0200. The van der Waals surface area contributed by atoms with Crippen LogP contribution in [0, 0.1) is 0 Å². The number of carbonyl (C=O) groups is 1. The predicted molar refractivity (Wildman–Crippen MR) is 46.0 cm³/mol. The second kappa shape index (κ2) is 5.74. The lowest BCUT2D eigenvalue weighted by Gasteiger charge is -2.01. The van der Waals surface area contributed by atoms with Crippen molar-refractivity contribution in [1.29, 1.82) is 0 Å². The molecule has 0 saturated carbocycles. The van der Waals surface area contributed by atoms with E-state index in [0.717, 1.165) is 12.2 Å². The zero-order valence-corrected chi connectivity index (χ0v) is 7.41. The summed E-state index contributed by atoms with van der Waals surface area (Å²) >= 11 is 1.39. The summed E-state index contributed by atoms with van der Waals surface area (Å²) in [4.78, 5) is 10.9. The molecule has 0 aliphatic rings. The maximum absolute atomic E-state index is 10.9. The lowest BCUT2D eigenvalue weighted by Crippen LogP contribution is -2.18. The van der Waals surface area contributed by atoms with Crippen molar-refractivity contribution < 1.29 is 4.79 Å². The minimum Gasteiger partial charge on any atom is -0.328 e. The van der Waals surface area contributed by atoms with Crippen molar-refractivity contribution in [2.75, 3.05) is 5.75 Å². The van der Waals surface area contributed by atoms with Crippen LogP contribution in [-0.4, -0.2) is 16.9 Å². The highest BCUT2D eigenvalue weighted by atomic mass is 32.2. The van der Waals surface area contributed by atoms with Gasteiger partial charge in [0.15, 0.2) is 5.12 Å². The van der Waals surface area contributed by atoms with Gasteiger partial charge in [-0.2, -0.15) is 0 Å². The molecule has 0 bridgehead atoms. The molecule has 0 heterocycles. The van der Waals surface area contributed by atoms with E-state index in [9.17, 15) is 4.79 Å². The monoisotopic (exact) mass is 161 g/mol. The molecule has 60 valence electrons. The summed E-state index contributed by atoms with van der Waals surface area (Å²) < 4.78 is 0. The molecule has 2 nitrogen and oxygen atoms in total. The number of nitrogens with two attached hydrogens (primary N) is 1. The van der Waals surface area contributed by atoms with Gasteiger partial charge in [0.2, 0.25) is 0 Å². The topological polar surface area (TPSA) is 43.1 Å². The Kier molecular flexibility index (Phi) is 5.73. The van der Waals surface area contributed by atoms with E-state index in [1.165, 1.54) is 11.8 Å². The van der Waals surface area contributed by atoms with Crippen molar-refractivity contribution in [1.82, 2.24) is 0 Å². The fraction of sp³-hybridized carbons (Fsp3) is 0.857. The Morgan fingerprint density at radius 3 is 2.70 bits per heavy atom. The molecule has 0 amide bonds. The van der Waals surface area contributed by atoms with Gasteiger partial charge in [0, 0.05) is 18.2 Å². The van der Waals surface area contributed by atoms with Gasteiger partial charge in [-0.15, -0.1) is 0 Å². The molecular weight excluding hydrogens is 146 g/mol. The first-order valence-corrected chi connectivity index (χ1v) is 4.56. The molecule has 0 spiro atoms. The first kappa shape index (κ1) is 9.98. The van der Waals surface area contributed by atoms with Crippen LogP contribution in [0.3, 0.4) is 0 Å². The Morgan fingerprint density at radius 2 is 2.30 bits per heavy atom. The van der Waals surface area contributed by atoms with E-state index in [-0.39, 0.29) is 11.2 Å². The molecule has 1 atom stereocenters. The predicted octanol–water partition coefficient (Wildman–Crippen LogP) is 1.39. The molecule has 0 aliphatic heterocycles. The Labute approximate surface area is 66.6 Å². The van der Waals surface area contributed by atoms with E-state index in [0.29, 0.717) is 6.42 Å². The Morgan fingerprint density at radius 1 is 1.70 bits per heavy atom. The van der Waals surface area contributed by atoms with Gasteiger partial charge in [-0.1, -0.05) is 18.7 Å². The van der Waals surface area contributed by atoms with E-state index in [1.54, 1.807) is 0 Å². The maximum Gasteiger partial charge on any atom is 0.190 e. The van der Waals surface area contributed by atoms with Gasteiger partial charge in [0.25, 0.3) is 0 Å². The molecular formula is C7H15NOS. The van der Waals surface area contributed by atoms with E-state index in [2.05, 4.69) is 6.92 Å². The van der Waals surface area contributed by atoms with Gasteiger partial charge in [-0.25, -0.2) is 0 Å². The third-order valence-corrected chi connectivity index (χ3v) is 2.06. The van der Waals surface area contributed by atoms with E-state index in [1.807, 2.05) is 6.92 Å². The van der Waals surface area contributed by atoms with Crippen molar-refractivity contribution >= 4 is 16.9 Å². The summed E-state index contributed by atoms with van der Waals surface area (Å²) in [6, 6.07) is 0.0110. The molecule has 1 unspecified atom stereocenters. The SMILES string of the molecule is CCCSC(=O)CC(C)N. The smallest absolute Gasteiger partial charge is 0.190 e. The molecule has 3 heteroatoms. The van der Waals surface area contributed by atoms with Gasteiger partial charge < -0.3 is 5.73 Å². The lowest BCUT2D eigenvalue weighted by atomic mass is 10.3. The average Bonchev–Trinajstić information content (AvgIpc) is 1.82. The second-order valence-corrected chi connectivity index (χ2v) is 3.55. The molecule has 0 aliphatic carbocycles. The van der Waals surface area contributed by atoms with Crippen LogP contribution in [0.15, 0.2) is 0 Å². The normalized spacial score (nSPS) is 13.1. The molecule has 0 radical (unpaired) electrons. The zero-order valence-electron chi connectivity index (χ0n) is 6.59. The van der Waals surface area contributed by atoms with Crippen LogP contribution in [0.25, 0.3) is 0 Å². The van der Waals surface area contributed by atoms with E-state index in [4.69, 9.17) is 5.73 Å². The summed E-state index contributed by atoms with van der Waals surface area (Å²) in [5.41, 5.74) is 5.43. The highest BCUT2D eigenvalue weighted by Gasteiger charge is 2.03. The summed E-state index contributed by atoms with van der Waals surface area (Å²) in [5.74, 6) is 0.922. The highest BCUT2D eigenvalue weighted by molar-refractivity contribution is 8.13. The third kappa shape index (κ3) is 6.11. The minimum absolute atomic E-state index is 0.0110. The largest absolute Gasteiger partial charge is 0.328 e. The summed E-state index contributed by atoms with van der Waals surface area (Å²) in [5, 5.41) is 0.219. The van der Waals surface area contributed by atoms with E-state index >= 15 is 0 Å². The van der Waals surface area contributed by atoms with Crippen LogP contribution in [-0.2, 0) is 4.79 Å². The van der Waals surface area contributed by atoms with Crippen molar-refractivity contribution in [2.24, 2.45) is 5.73 Å². The molecule has 0 saturated heterocycles. The zero-order chi connectivity index (χ0) is 7.98. The molecule has 2 N–H and O–H groups in total. The fourth-order valence-electron chi connectivity index (χ4n) is 0.538. The second-order valence-electron chi connectivity index (χ2n) is 2.40. The van der Waals surface area contributed by atoms with Crippen molar-refractivity contribution in [2.45, 2.75) is 32.7 Å². The molecule has 0 fully saturated rings. The standard InChI is InChI=1S/C7H15NOS/c1-3-4-10-7(9)5-6(2)8/h6H,3-5,8H2,1-2H3. The lowest BCUT2D eigenvalue weighted by molar-refractivity contribution is -0.111. The molecule has 0 aromatic rings. The molecule has 10 heavy (non-hydrogen) atoms. The number of rotatable bonds is 4. The van der Waals surface area contributed by atoms with Crippen molar-refractivity contribution in [3.8, 4) is 0 Å². The summed E-state index contributed by atoms with van der Waals surface area (Å²) in [6.07, 6.45) is 1.56. The van der Waals surface area contributed by atoms with Crippen molar-refractivity contribution in [3.63, 3.8) is 0 Å². The van der Waals surface area contributed by atoms with Gasteiger partial charge in [0.05, 0.1) is 0 Å². The number of hydrogen-bond acceptors (Lipinski definition) is 3. The Bertz CT molecular complexity index is 104. The fourth-order valence-corrected chi connectivity index (χ4v) is 1.35. The van der Waals surface area contributed by atoms with Crippen LogP contribution < -0.4 is 5.73 Å². The van der Waals surface area contributed by atoms with Gasteiger partial charge in [-0.05, 0) is 13.3 Å². The average molecular weight is 161 g/mol. The van der Waals surface area contributed by atoms with Crippen molar-refractivity contribution in [3.05, 3.63) is 0 Å².